The molecule has 3 aliphatic heterocycles. The highest BCUT2D eigenvalue weighted by molar-refractivity contribution is 6.35. The molecule has 8 nitrogen and oxygen atoms in total. The Morgan fingerprint density at radius 3 is 2.79 bits per heavy atom. The van der Waals surface area contributed by atoms with Crippen molar-refractivity contribution in [1.82, 2.24) is 19.7 Å². The number of aromatic nitrogens is 1. The molecule has 4 heterocycles. The van der Waals surface area contributed by atoms with E-state index in [0.717, 1.165) is 0 Å². The van der Waals surface area contributed by atoms with E-state index in [1.165, 1.54) is 24.3 Å². The van der Waals surface area contributed by atoms with Crippen LogP contribution in [0.5, 0.6) is 5.75 Å². The van der Waals surface area contributed by atoms with E-state index in [1.54, 1.807) is 34.6 Å². The SMILES string of the molecule is [2H]C([2H])([2H])N(C1CN(c2nc(-c3ccccc3F)c(Cl)c3c2C(=O)N2CCN(C(=O)C=C)C[C@@H]2CO3)C(C)(C)C1)C([2H])([2H])[2H]. The Balaban J connectivity index is 1.67. The van der Waals surface area contributed by atoms with Crippen molar-refractivity contribution in [2.75, 3.05) is 51.6 Å². The first-order valence-electron chi connectivity index (χ1n) is 15.4. The van der Waals surface area contributed by atoms with Gasteiger partial charge in [-0.2, -0.15) is 0 Å². The molecule has 5 rings (SSSR count). The zero-order valence-electron chi connectivity index (χ0n) is 27.2. The van der Waals surface area contributed by atoms with E-state index >= 15 is 4.39 Å². The van der Waals surface area contributed by atoms with Gasteiger partial charge in [-0.3, -0.25) is 9.59 Å². The van der Waals surface area contributed by atoms with Crippen molar-refractivity contribution in [1.29, 1.82) is 0 Å². The monoisotopic (exact) mass is 547 g/mol. The van der Waals surface area contributed by atoms with Gasteiger partial charge in [0.05, 0.1) is 11.7 Å². The highest BCUT2D eigenvalue weighted by Crippen LogP contribution is 2.46. The molecular weight excluding hydrogens is 509 g/mol. The fraction of sp³-hybridized carbons (Fsp3) is 0.464. The van der Waals surface area contributed by atoms with Crippen molar-refractivity contribution in [2.24, 2.45) is 0 Å². The molecule has 2 fully saturated rings. The van der Waals surface area contributed by atoms with Gasteiger partial charge in [-0.15, -0.1) is 0 Å². The fourth-order valence-electron chi connectivity index (χ4n) is 5.56. The molecule has 10 heteroatoms. The third-order valence-electron chi connectivity index (χ3n) is 7.55. The van der Waals surface area contributed by atoms with Crippen molar-refractivity contribution >= 4 is 29.2 Å². The summed E-state index contributed by atoms with van der Waals surface area (Å²) in [6, 6.07) is 4.35. The molecule has 2 amide bonds. The molecule has 0 spiro atoms. The number of carbonyl (C=O) groups excluding carboxylic acids is 2. The summed E-state index contributed by atoms with van der Waals surface area (Å²) in [6.45, 7) is 1.77. The summed E-state index contributed by atoms with van der Waals surface area (Å²) in [7, 11) is 0. The number of nitrogens with zero attached hydrogens (tertiary/aromatic N) is 5. The van der Waals surface area contributed by atoms with Crippen LogP contribution >= 0.6 is 11.6 Å². The lowest BCUT2D eigenvalue weighted by Crippen LogP contribution is -2.57. The molecule has 0 radical (unpaired) electrons. The minimum absolute atomic E-state index is 0.00382. The predicted octanol–water partition coefficient (Wildman–Crippen LogP) is 3.69. The van der Waals surface area contributed by atoms with E-state index in [9.17, 15) is 9.59 Å². The number of anilines is 1. The molecule has 3 aliphatic rings. The number of benzene rings is 1. The van der Waals surface area contributed by atoms with E-state index < -0.39 is 43.3 Å². The number of pyridine rings is 1. The van der Waals surface area contributed by atoms with Crippen LogP contribution in [0.3, 0.4) is 0 Å². The Labute approximate surface area is 236 Å². The standard InChI is InChI=1S/C28H33ClFN5O3/c1-6-21(36)33-11-12-34-18(14-33)16-38-25-22(27(34)37)26(35-15-17(32(4)5)13-28(35,2)3)31-24(23(25)29)19-9-7-8-10-20(19)30/h6-10,17-18H,1,11-16H2,2-5H3/t17?,18-/m1/s1/i4D3,5D3. The van der Waals surface area contributed by atoms with Crippen molar-refractivity contribution in [2.45, 2.75) is 37.9 Å². The van der Waals surface area contributed by atoms with Crippen LogP contribution in [0.15, 0.2) is 36.9 Å². The molecule has 0 bridgehead atoms. The lowest BCUT2D eigenvalue weighted by Gasteiger charge is -2.40. The summed E-state index contributed by atoms with van der Waals surface area (Å²) in [5.41, 5.74) is -0.828. The van der Waals surface area contributed by atoms with Crippen LogP contribution in [0.1, 0.15) is 38.9 Å². The fourth-order valence-corrected chi connectivity index (χ4v) is 5.85. The van der Waals surface area contributed by atoms with Crippen molar-refractivity contribution in [3.05, 3.63) is 53.3 Å². The summed E-state index contributed by atoms with van der Waals surface area (Å²) >= 11 is 6.84. The molecule has 0 aliphatic carbocycles. The Hall–Kier alpha value is -3.17. The number of carbonyl (C=O) groups is 2. The average molecular weight is 548 g/mol. The molecule has 1 unspecified atom stereocenters. The van der Waals surface area contributed by atoms with Crippen molar-refractivity contribution < 1.29 is 26.9 Å². The molecular formula is C28H33ClFN5O3. The lowest BCUT2D eigenvalue weighted by atomic mass is 9.99. The lowest BCUT2D eigenvalue weighted by molar-refractivity contribution is -0.128. The Morgan fingerprint density at radius 2 is 2.08 bits per heavy atom. The molecule has 38 heavy (non-hydrogen) atoms. The molecule has 202 valence electrons. The molecule has 0 saturated carbocycles. The normalized spacial score (nSPS) is 25.6. The summed E-state index contributed by atoms with van der Waals surface area (Å²) < 4.78 is 69.2. The van der Waals surface area contributed by atoms with Gasteiger partial charge >= 0.3 is 0 Å². The number of rotatable bonds is 4. The molecule has 2 saturated heterocycles. The zero-order valence-corrected chi connectivity index (χ0v) is 22.0. The maximum Gasteiger partial charge on any atom is 0.261 e. The van der Waals surface area contributed by atoms with Gasteiger partial charge < -0.3 is 24.3 Å². The minimum atomic E-state index is -2.93. The molecule has 0 N–H and O–H groups in total. The number of hydrogen-bond acceptors (Lipinski definition) is 6. The smallest absolute Gasteiger partial charge is 0.261 e. The summed E-state index contributed by atoms with van der Waals surface area (Å²) in [5, 5.41) is -0.0822. The molecule has 1 aromatic carbocycles. The largest absolute Gasteiger partial charge is 0.489 e. The molecule has 1 aromatic heterocycles. The third kappa shape index (κ3) is 4.41. The maximum absolute atomic E-state index is 15.1. The van der Waals surface area contributed by atoms with Crippen LogP contribution in [0.25, 0.3) is 11.3 Å². The highest BCUT2D eigenvalue weighted by Gasteiger charge is 2.45. The Morgan fingerprint density at radius 1 is 1.32 bits per heavy atom. The number of piperazine rings is 1. The van der Waals surface area contributed by atoms with E-state index in [4.69, 9.17) is 29.5 Å². The van der Waals surface area contributed by atoms with E-state index in [0.29, 0.717) is 4.90 Å². The highest BCUT2D eigenvalue weighted by atomic mass is 35.5. The van der Waals surface area contributed by atoms with Crippen LogP contribution in [-0.4, -0.2) is 95.9 Å². The van der Waals surface area contributed by atoms with Gasteiger partial charge in [-0.05, 0) is 52.4 Å². The Kier molecular flexibility index (Phi) is 5.14. The number of likely N-dealkylation sites (N-methyl/N-ethyl adjacent to an activating group) is 1. The van der Waals surface area contributed by atoms with Gasteiger partial charge in [0.25, 0.3) is 5.91 Å². The maximum atomic E-state index is 15.1. The Bertz CT molecular complexity index is 1490. The molecule has 2 aromatic rings. The third-order valence-corrected chi connectivity index (χ3v) is 7.90. The topological polar surface area (TPSA) is 69.2 Å². The van der Waals surface area contributed by atoms with E-state index in [1.807, 2.05) is 0 Å². The summed E-state index contributed by atoms with van der Waals surface area (Å²) in [6.07, 6.45) is 1.31. The first-order chi connectivity index (χ1) is 20.5. The second-order valence-electron chi connectivity index (χ2n) is 10.4. The number of halogens is 2. The van der Waals surface area contributed by atoms with Gasteiger partial charge in [0, 0.05) is 51.5 Å². The van der Waals surface area contributed by atoms with Crippen LogP contribution in [0.2, 0.25) is 5.02 Å². The number of hydrogen-bond donors (Lipinski definition) is 0. The number of ether oxygens (including phenoxy) is 1. The van der Waals surface area contributed by atoms with Gasteiger partial charge in [0.1, 0.15) is 28.8 Å². The van der Waals surface area contributed by atoms with E-state index in [2.05, 4.69) is 6.58 Å². The van der Waals surface area contributed by atoms with Crippen molar-refractivity contribution in [3.8, 4) is 17.0 Å². The predicted molar refractivity (Wildman–Crippen MR) is 145 cm³/mol. The first kappa shape index (κ1) is 19.8. The van der Waals surface area contributed by atoms with Crippen molar-refractivity contribution in [3.63, 3.8) is 0 Å². The second kappa shape index (κ2) is 9.85. The van der Waals surface area contributed by atoms with Crippen LogP contribution < -0.4 is 9.64 Å². The van der Waals surface area contributed by atoms with Crippen LogP contribution in [0, 0.1) is 5.82 Å². The summed E-state index contributed by atoms with van der Waals surface area (Å²) in [5.74, 6) is -1.31. The number of fused-ring (bicyclic) bond motifs is 2. The van der Waals surface area contributed by atoms with Gasteiger partial charge in [-0.25, -0.2) is 9.37 Å². The van der Waals surface area contributed by atoms with Gasteiger partial charge in [0.15, 0.2) is 5.75 Å². The van der Waals surface area contributed by atoms with Crippen LogP contribution in [0.4, 0.5) is 10.2 Å². The molecule has 2 atom stereocenters. The van der Waals surface area contributed by atoms with Gasteiger partial charge in [-0.1, -0.05) is 30.3 Å². The quantitative estimate of drug-likeness (QED) is 0.544. The average Bonchev–Trinajstić information content (AvgIpc) is 3.14. The van der Waals surface area contributed by atoms with Crippen LogP contribution in [-0.2, 0) is 4.79 Å². The number of amides is 2. The summed E-state index contributed by atoms with van der Waals surface area (Å²) in [4.78, 5) is 36.8. The first-order valence-corrected chi connectivity index (χ1v) is 12.7. The van der Waals surface area contributed by atoms with E-state index in [-0.39, 0.29) is 78.5 Å². The van der Waals surface area contributed by atoms with Gasteiger partial charge in [0.2, 0.25) is 5.91 Å². The minimum Gasteiger partial charge on any atom is -0.489 e. The second-order valence-corrected chi connectivity index (χ2v) is 10.8. The zero-order chi connectivity index (χ0) is 32.4.